The van der Waals surface area contributed by atoms with Crippen LogP contribution in [0.2, 0.25) is 0 Å². The molecule has 2 N–H and O–H groups in total. The van der Waals surface area contributed by atoms with Gasteiger partial charge in [0, 0.05) is 18.8 Å². The molecule has 0 saturated heterocycles. The van der Waals surface area contributed by atoms with Crippen molar-refractivity contribution in [3.63, 3.8) is 0 Å². The van der Waals surface area contributed by atoms with Crippen molar-refractivity contribution in [2.75, 3.05) is 24.6 Å². The van der Waals surface area contributed by atoms with Crippen LogP contribution in [0.5, 0.6) is 0 Å². The van der Waals surface area contributed by atoms with Crippen molar-refractivity contribution in [2.45, 2.75) is 25.5 Å². The molecule has 0 aliphatic rings. The normalized spacial score (nSPS) is 10.8. The first-order valence-electron chi connectivity index (χ1n) is 8.77. The first kappa shape index (κ1) is 23.8. The molecule has 9 nitrogen and oxygen atoms in total. The third-order valence-electron chi connectivity index (χ3n) is 3.65. The SMILES string of the molecule is N#CCCN(CCC#N)C(=O)CSCC(NC(=O)OCc1ccccc1)C(=O)O. The van der Waals surface area contributed by atoms with Crippen molar-refractivity contribution >= 4 is 29.7 Å². The molecule has 0 heterocycles. The molecule has 29 heavy (non-hydrogen) atoms. The summed E-state index contributed by atoms with van der Waals surface area (Å²) in [5.41, 5.74) is 0.768. The summed E-state index contributed by atoms with van der Waals surface area (Å²) in [7, 11) is 0. The number of aliphatic carboxylic acids is 1. The number of amides is 2. The lowest BCUT2D eigenvalue weighted by atomic mass is 10.2. The fraction of sp³-hybridized carbons (Fsp3) is 0.421. The molecule has 1 aromatic rings. The van der Waals surface area contributed by atoms with Crippen LogP contribution in [0.25, 0.3) is 0 Å². The number of carboxylic acid groups (broad SMARTS) is 1. The molecule has 10 heteroatoms. The maximum atomic E-state index is 12.2. The van der Waals surface area contributed by atoms with Crippen LogP contribution in [0, 0.1) is 22.7 Å². The molecule has 2 amide bonds. The molecule has 1 atom stereocenters. The van der Waals surface area contributed by atoms with Crippen LogP contribution < -0.4 is 5.32 Å². The Morgan fingerprint density at radius 2 is 1.76 bits per heavy atom. The van der Waals surface area contributed by atoms with Gasteiger partial charge in [-0.25, -0.2) is 9.59 Å². The van der Waals surface area contributed by atoms with Crippen molar-refractivity contribution in [1.82, 2.24) is 10.2 Å². The number of nitriles is 2. The van der Waals surface area contributed by atoms with Crippen LogP contribution in [-0.4, -0.2) is 58.6 Å². The van der Waals surface area contributed by atoms with Crippen molar-refractivity contribution in [3.8, 4) is 12.1 Å². The van der Waals surface area contributed by atoms with Gasteiger partial charge in [-0.05, 0) is 5.56 Å². The van der Waals surface area contributed by atoms with Crippen LogP contribution in [-0.2, 0) is 20.9 Å². The van der Waals surface area contributed by atoms with Crippen molar-refractivity contribution in [3.05, 3.63) is 35.9 Å². The van der Waals surface area contributed by atoms with Gasteiger partial charge in [-0.1, -0.05) is 30.3 Å². The highest BCUT2D eigenvalue weighted by molar-refractivity contribution is 8.00. The van der Waals surface area contributed by atoms with E-state index in [1.165, 1.54) is 4.90 Å². The zero-order chi connectivity index (χ0) is 21.5. The molecule has 0 radical (unpaired) electrons. The van der Waals surface area contributed by atoms with Crippen LogP contribution in [0.15, 0.2) is 30.3 Å². The number of benzene rings is 1. The number of nitrogens with zero attached hydrogens (tertiary/aromatic N) is 3. The predicted octanol–water partition coefficient (Wildman–Crippen LogP) is 1.76. The van der Waals surface area contributed by atoms with Crippen molar-refractivity contribution in [1.29, 1.82) is 10.5 Å². The molecule has 0 aliphatic carbocycles. The quantitative estimate of drug-likeness (QED) is 0.522. The number of nitrogens with one attached hydrogen (secondary N) is 1. The lowest BCUT2D eigenvalue weighted by Crippen LogP contribution is -2.43. The van der Waals surface area contributed by atoms with Gasteiger partial charge in [0.1, 0.15) is 12.6 Å². The summed E-state index contributed by atoms with van der Waals surface area (Å²) >= 11 is 1.04. The summed E-state index contributed by atoms with van der Waals surface area (Å²) in [5, 5.41) is 28.8. The van der Waals surface area contributed by atoms with Crippen LogP contribution in [0.3, 0.4) is 0 Å². The van der Waals surface area contributed by atoms with Gasteiger partial charge >= 0.3 is 12.1 Å². The number of carbonyl (C=O) groups is 3. The number of rotatable bonds is 12. The van der Waals surface area contributed by atoms with Crippen LogP contribution in [0.1, 0.15) is 18.4 Å². The Hall–Kier alpha value is -3.24. The molecule has 0 aliphatic heterocycles. The average Bonchev–Trinajstić information content (AvgIpc) is 2.72. The highest BCUT2D eigenvalue weighted by Crippen LogP contribution is 2.08. The topological polar surface area (TPSA) is 144 Å². The van der Waals surface area contributed by atoms with Crippen molar-refractivity contribution in [2.24, 2.45) is 0 Å². The Morgan fingerprint density at radius 3 is 2.31 bits per heavy atom. The number of carbonyl (C=O) groups excluding carboxylic acids is 2. The molecule has 0 aromatic heterocycles. The highest BCUT2D eigenvalue weighted by atomic mass is 32.2. The average molecular weight is 418 g/mol. The molecular weight excluding hydrogens is 396 g/mol. The van der Waals surface area contributed by atoms with E-state index in [9.17, 15) is 19.5 Å². The molecule has 1 unspecified atom stereocenters. The molecule has 1 rings (SSSR count). The number of carboxylic acids is 1. The van der Waals surface area contributed by atoms with E-state index in [-0.39, 0.29) is 50.0 Å². The number of hydrogen-bond acceptors (Lipinski definition) is 7. The zero-order valence-corrected chi connectivity index (χ0v) is 16.6. The van der Waals surface area contributed by atoms with Crippen molar-refractivity contribution < 1.29 is 24.2 Å². The summed E-state index contributed by atoms with van der Waals surface area (Å²) < 4.78 is 5.00. The summed E-state index contributed by atoms with van der Waals surface area (Å²) in [5.74, 6) is -1.60. The molecule has 0 bridgehead atoms. The second-order valence-electron chi connectivity index (χ2n) is 5.81. The molecule has 0 saturated carbocycles. The van der Waals surface area contributed by atoms with Gasteiger partial charge in [-0.3, -0.25) is 4.79 Å². The lowest BCUT2D eigenvalue weighted by Gasteiger charge is -2.20. The van der Waals surface area contributed by atoms with Crippen LogP contribution in [0.4, 0.5) is 4.79 Å². The van der Waals surface area contributed by atoms with E-state index >= 15 is 0 Å². The first-order valence-corrected chi connectivity index (χ1v) is 9.92. The summed E-state index contributed by atoms with van der Waals surface area (Å²) in [4.78, 5) is 36.8. The number of ether oxygens (including phenoxy) is 1. The molecule has 0 fully saturated rings. The lowest BCUT2D eigenvalue weighted by molar-refractivity contribution is -0.138. The van der Waals surface area contributed by atoms with Gasteiger partial charge in [0.25, 0.3) is 0 Å². The maximum Gasteiger partial charge on any atom is 0.408 e. The summed E-state index contributed by atoms with van der Waals surface area (Å²) in [6.45, 7) is 0.436. The van der Waals surface area contributed by atoms with Gasteiger partial charge in [0.05, 0.1) is 30.7 Å². The third-order valence-corrected chi connectivity index (χ3v) is 4.67. The van der Waals surface area contributed by atoms with E-state index in [0.717, 1.165) is 17.3 Å². The molecular formula is C19H22N4O5S. The van der Waals surface area contributed by atoms with E-state index < -0.39 is 18.1 Å². The highest BCUT2D eigenvalue weighted by Gasteiger charge is 2.22. The predicted molar refractivity (Wildman–Crippen MR) is 106 cm³/mol. The minimum Gasteiger partial charge on any atom is -0.480 e. The van der Waals surface area contributed by atoms with E-state index in [0.29, 0.717) is 0 Å². The molecule has 1 aromatic carbocycles. The van der Waals surface area contributed by atoms with E-state index in [4.69, 9.17) is 15.3 Å². The Labute approximate surface area is 173 Å². The summed E-state index contributed by atoms with van der Waals surface area (Å²) in [6, 6.07) is 11.6. The van der Waals surface area contributed by atoms with E-state index in [1.54, 1.807) is 24.3 Å². The second kappa shape index (κ2) is 13.9. The zero-order valence-electron chi connectivity index (χ0n) is 15.7. The number of thioether (sulfide) groups is 1. The number of alkyl carbamates (subject to hydrolysis) is 1. The van der Waals surface area contributed by atoms with Crippen LogP contribution >= 0.6 is 11.8 Å². The fourth-order valence-corrected chi connectivity index (χ4v) is 3.10. The third kappa shape index (κ3) is 10.0. The van der Waals surface area contributed by atoms with Gasteiger partial charge in [-0.15, -0.1) is 11.8 Å². The van der Waals surface area contributed by atoms with Gasteiger partial charge in [0.2, 0.25) is 5.91 Å². The smallest absolute Gasteiger partial charge is 0.408 e. The van der Waals surface area contributed by atoms with Gasteiger partial charge < -0.3 is 20.1 Å². The maximum absolute atomic E-state index is 12.2. The Kier molecular flexibility index (Phi) is 11.4. The fourth-order valence-electron chi connectivity index (χ4n) is 2.17. The van der Waals surface area contributed by atoms with E-state index in [2.05, 4.69) is 5.32 Å². The largest absolute Gasteiger partial charge is 0.480 e. The second-order valence-corrected chi connectivity index (χ2v) is 6.84. The summed E-state index contributed by atoms with van der Waals surface area (Å²) in [6.07, 6.45) is -0.569. The standard InChI is InChI=1S/C19H22N4O5S/c20-8-4-10-23(11-5-9-21)17(24)14-29-13-16(18(25)26)22-19(27)28-12-15-6-2-1-3-7-15/h1-3,6-7,16H,4-5,10-14H2,(H,22,27)(H,25,26). The Morgan fingerprint density at radius 1 is 1.14 bits per heavy atom. The molecule has 154 valence electrons. The molecule has 0 spiro atoms. The van der Waals surface area contributed by atoms with Gasteiger partial charge in [-0.2, -0.15) is 10.5 Å². The van der Waals surface area contributed by atoms with Gasteiger partial charge in [0.15, 0.2) is 0 Å². The minimum atomic E-state index is -1.24. The monoisotopic (exact) mass is 418 g/mol. The van der Waals surface area contributed by atoms with E-state index in [1.807, 2.05) is 18.2 Å². The number of hydrogen-bond donors (Lipinski definition) is 2. The first-order chi connectivity index (χ1) is 14.0. The Bertz CT molecular complexity index is 742. The Balaban J connectivity index is 2.45. The minimum absolute atomic E-state index is 0.0113.